The molecular weight excluding hydrogens is 296 g/mol. The summed E-state index contributed by atoms with van der Waals surface area (Å²) in [5.74, 6) is -1.78. The summed E-state index contributed by atoms with van der Waals surface area (Å²) in [4.78, 5) is 36.3. The van der Waals surface area contributed by atoms with Crippen LogP contribution in [0, 0.1) is 0 Å². The molecule has 1 saturated heterocycles. The van der Waals surface area contributed by atoms with Crippen LogP contribution in [0.5, 0.6) is 0 Å². The van der Waals surface area contributed by atoms with Gasteiger partial charge in [0.25, 0.3) is 5.91 Å². The van der Waals surface area contributed by atoms with Crippen molar-refractivity contribution in [3.8, 4) is 0 Å². The molecule has 1 aromatic carbocycles. The molecule has 0 saturated carbocycles. The van der Waals surface area contributed by atoms with Crippen LogP contribution in [-0.2, 0) is 9.59 Å². The summed E-state index contributed by atoms with van der Waals surface area (Å²) < 4.78 is 0. The lowest BCUT2D eigenvalue weighted by Gasteiger charge is -2.20. The van der Waals surface area contributed by atoms with Crippen LogP contribution in [0.3, 0.4) is 0 Å². The molecule has 2 amide bonds. The third-order valence-electron chi connectivity index (χ3n) is 3.65. The molecule has 0 radical (unpaired) electrons. The summed E-state index contributed by atoms with van der Waals surface area (Å²) in [6.45, 7) is 1.52. The highest BCUT2D eigenvalue weighted by atomic mass is 16.4. The van der Waals surface area contributed by atoms with Gasteiger partial charge < -0.3 is 15.3 Å². The van der Waals surface area contributed by atoms with E-state index in [1.807, 2.05) is 4.90 Å². The number of amides is 2. The summed E-state index contributed by atoms with van der Waals surface area (Å²) in [7, 11) is 0. The second-order valence-electron chi connectivity index (χ2n) is 5.45. The van der Waals surface area contributed by atoms with Crippen molar-refractivity contribution in [2.45, 2.75) is 25.7 Å². The highest BCUT2D eigenvalue weighted by Gasteiger charge is 2.17. The van der Waals surface area contributed by atoms with Crippen LogP contribution >= 0.6 is 0 Å². The minimum Gasteiger partial charge on any atom is -0.478 e. The number of rotatable bonds is 4. The van der Waals surface area contributed by atoms with Gasteiger partial charge in [-0.15, -0.1) is 0 Å². The number of carbonyl (C=O) groups excluding carboxylic acids is 2. The lowest BCUT2D eigenvalue weighted by atomic mass is 10.1. The van der Waals surface area contributed by atoms with Crippen LogP contribution in [0.1, 0.15) is 36.0 Å². The van der Waals surface area contributed by atoms with Gasteiger partial charge in [-0.25, -0.2) is 4.79 Å². The smallest absolute Gasteiger partial charge is 0.328 e. The van der Waals surface area contributed by atoms with Gasteiger partial charge in [-0.2, -0.15) is 0 Å². The topological polar surface area (TPSA) is 86.7 Å². The molecule has 0 aliphatic carbocycles. The number of carbonyl (C=O) groups is 3. The molecule has 23 heavy (non-hydrogen) atoms. The zero-order chi connectivity index (χ0) is 16.7. The molecule has 1 aromatic rings. The Morgan fingerprint density at radius 3 is 2.39 bits per heavy atom. The molecule has 1 heterocycles. The third kappa shape index (κ3) is 5.25. The van der Waals surface area contributed by atoms with Gasteiger partial charge in [-0.05, 0) is 31.0 Å². The number of benzene rings is 1. The second kappa shape index (κ2) is 8.12. The maximum absolute atomic E-state index is 12.5. The minimum absolute atomic E-state index is 0.0379. The summed E-state index contributed by atoms with van der Waals surface area (Å²) >= 11 is 0. The Balaban J connectivity index is 2.05. The molecule has 1 aliphatic heterocycles. The SMILES string of the molecule is O=C(O)/C=C/C(=O)Nc1cccc(C(=O)N2CCCCCC2)c1. The molecule has 0 aromatic heterocycles. The van der Waals surface area contributed by atoms with E-state index >= 15 is 0 Å². The Hall–Kier alpha value is -2.63. The van der Waals surface area contributed by atoms with E-state index in [9.17, 15) is 14.4 Å². The van der Waals surface area contributed by atoms with E-state index in [2.05, 4.69) is 5.32 Å². The molecule has 6 nitrogen and oxygen atoms in total. The van der Waals surface area contributed by atoms with Crippen molar-refractivity contribution in [1.29, 1.82) is 0 Å². The standard InChI is InChI=1S/C17H20N2O4/c20-15(8-9-16(21)22)18-14-7-5-6-13(12-14)17(23)19-10-3-1-2-4-11-19/h5-9,12H,1-4,10-11H2,(H,18,20)(H,21,22)/b9-8+. The summed E-state index contributed by atoms with van der Waals surface area (Å²) in [6, 6.07) is 6.68. The fourth-order valence-corrected chi connectivity index (χ4v) is 2.52. The van der Waals surface area contributed by atoms with Crippen molar-refractivity contribution in [3.63, 3.8) is 0 Å². The van der Waals surface area contributed by atoms with Gasteiger partial charge in [0.05, 0.1) is 0 Å². The Bertz CT molecular complexity index is 617. The first kappa shape index (κ1) is 16.7. The van der Waals surface area contributed by atoms with Gasteiger partial charge in [0, 0.05) is 36.5 Å². The number of nitrogens with zero attached hydrogens (tertiary/aromatic N) is 1. The average molecular weight is 316 g/mol. The molecule has 2 rings (SSSR count). The van der Waals surface area contributed by atoms with E-state index < -0.39 is 11.9 Å². The van der Waals surface area contributed by atoms with Crippen LogP contribution in [0.4, 0.5) is 5.69 Å². The van der Waals surface area contributed by atoms with E-state index in [-0.39, 0.29) is 5.91 Å². The molecule has 1 fully saturated rings. The number of hydrogen-bond donors (Lipinski definition) is 2. The second-order valence-corrected chi connectivity index (χ2v) is 5.45. The number of carboxylic acids is 1. The highest BCUT2D eigenvalue weighted by molar-refractivity contribution is 6.03. The first-order valence-corrected chi connectivity index (χ1v) is 7.67. The van der Waals surface area contributed by atoms with Crippen LogP contribution in [0.15, 0.2) is 36.4 Å². The molecule has 0 spiro atoms. The van der Waals surface area contributed by atoms with E-state index in [1.54, 1.807) is 24.3 Å². The predicted molar refractivity (Wildman–Crippen MR) is 86.2 cm³/mol. The number of aliphatic carboxylic acids is 1. The normalized spacial score (nSPS) is 15.2. The van der Waals surface area contributed by atoms with E-state index in [4.69, 9.17) is 5.11 Å². The summed E-state index contributed by atoms with van der Waals surface area (Å²) in [5, 5.41) is 11.0. The first-order valence-electron chi connectivity index (χ1n) is 7.67. The van der Waals surface area contributed by atoms with Gasteiger partial charge >= 0.3 is 5.97 Å². The van der Waals surface area contributed by atoms with Crippen molar-refractivity contribution in [3.05, 3.63) is 42.0 Å². The number of nitrogens with one attached hydrogen (secondary N) is 1. The Kier molecular flexibility index (Phi) is 5.91. The predicted octanol–water partition coefficient (Wildman–Crippen LogP) is 2.28. The third-order valence-corrected chi connectivity index (χ3v) is 3.65. The van der Waals surface area contributed by atoms with Crippen molar-refractivity contribution in [2.24, 2.45) is 0 Å². The zero-order valence-corrected chi connectivity index (χ0v) is 12.8. The van der Waals surface area contributed by atoms with Gasteiger partial charge in [-0.3, -0.25) is 9.59 Å². The van der Waals surface area contributed by atoms with Gasteiger partial charge in [0.15, 0.2) is 0 Å². The van der Waals surface area contributed by atoms with Gasteiger partial charge in [0.1, 0.15) is 0 Å². The molecular formula is C17H20N2O4. The van der Waals surface area contributed by atoms with Crippen LogP contribution in [0.2, 0.25) is 0 Å². The van der Waals surface area contributed by atoms with Gasteiger partial charge in [-0.1, -0.05) is 18.9 Å². The van der Waals surface area contributed by atoms with E-state index in [0.29, 0.717) is 11.3 Å². The minimum atomic E-state index is -1.19. The maximum Gasteiger partial charge on any atom is 0.328 e. The van der Waals surface area contributed by atoms with Crippen LogP contribution in [0.25, 0.3) is 0 Å². The Labute approximate surface area is 134 Å². The quantitative estimate of drug-likeness (QED) is 0.834. The Morgan fingerprint density at radius 1 is 1.04 bits per heavy atom. The molecule has 0 bridgehead atoms. The number of hydrogen-bond acceptors (Lipinski definition) is 3. The molecule has 122 valence electrons. The van der Waals surface area contributed by atoms with Crippen molar-refractivity contribution < 1.29 is 19.5 Å². The van der Waals surface area contributed by atoms with Crippen LogP contribution < -0.4 is 5.32 Å². The number of carboxylic acid groups (broad SMARTS) is 1. The Morgan fingerprint density at radius 2 is 1.74 bits per heavy atom. The van der Waals surface area contributed by atoms with Crippen molar-refractivity contribution in [2.75, 3.05) is 18.4 Å². The van der Waals surface area contributed by atoms with E-state index in [1.165, 1.54) is 0 Å². The number of likely N-dealkylation sites (tertiary alicyclic amines) is 1. The average Bonchev–Trinajstić information content (AvgIpc) is 2.81. The fraction of sp³-hybridized carbons (Fsp3) is 0.353. The van der Waals surface area contributed by atoms with Crippen molar-refractivity contribution in [1.82, 2.24) is 4.90 Å². The number of anilines is 1. The van der Waals surface area contributed by atoms with Crippen molar-refractivity contribution >= 4 is 23.5 Å². The molecule has 0 atom stereocenters. The zero-order valence-electron chi connectivity index (χ0n) is 12.8. The molecule has 0 unspecified atom stereocenters. The van der Waals surface area contributed by atoms with Gasteiger partial charge in [0.2, 0.25) is 5.91 Å². The first-order chi connectivity index (χ1) is 11.1. The highest BCUT2D eigenvalue weighted by Crippen LogP contribution is 2.16. The summed E-state index contributed by atoms with van der Waals surface area (Å²) in [6.07, 6.45) is 6.03. The molecule has 2 N–H and O–H groups in total. The largest absolute Gasteiger partial charge is 0.478 e. The van der Waals surface area contributed by atoms with Crippen LogP contribution in [-0.4, -0.2) is 40.9 Å². The lowest BCUT2D eigenvalue weighted by Crippen LogP contribution is -2.31. The fourth-order valence-electron chi connectivity index (χ4n) is 2.52. The monoisotopic (exact) mass is 316 g/mol. The maximum atomic E-state index is 12.5. The summed E-state index contributed by atoms with van der Waals surface area (Å²) in [5.41, 5.74) is 0.984. The lowest BCUT2D eigenvalue weighted by molar-refractivity contribution is -0.131. The van der Waals surface area contributed by atoms with E-state index in [0.717, 1.165) is 50.9 Å². The molecule has 6 heteroatoms. The molecule has 1 aliphatic rings.